The normalized spacial score (nSPS) is 22.1. The second-order valence-corrected chi connectivity index (χ2v) is 5.10. The number of amides is 1. The zero-order valence-corrected chi connectivity index (χ0v) is 11.8. The van der Waals surface area contributed by atoms with Crippen molar-refractivity contribution in [2.24, 2.45) is 5.92 Å². The van der Waals surface area contributed by atoms with E-state index in [9.17, 15) is 14.7 Å². The topological polar surface area (TPSA) is 75.6 Å². The lowest BCUT2D eigenvalue weighted by Crippen LogP contribution is -2.35. The summed E-state index contributed by atoms with van der Waals surface area (Å²) in [6.07, 6.45) is 0.562. The van der Waals surface area contributed by atoms with E-state index in [1.807, 2.05) is 6.92 Å². The Labute approximate surface area is 121 Å². The average Bonchev–Trinajstić information content (AvgIpc) is 3.16. The summed E-state index contributed by atoms with van der Waals surface area (Å²) in [5.41, 5.74) is 0.490. The van der Waals surface area contributed by atoms with Gasteiger partial charge in [-0.05, 0) is 31.0 Å². The summed E-state index contributed by atoms with van der Waals surface area (Å²) in [4.78, 5) is 23.3. The molecule has 108 valence electrons. The summed E-state index contributed by atoms with van der Waals surface area (Å²) in [6, 6.07) is 5.31. The minimum absolute atomic E-state index is 0.0836. The minimum atomic E-state index is -1.10. The van der Waals surface area contributed by atoms with Crippen molar-refractivity contribution in [3.8, 4) is 0 Å². The van der Waals surface area contributed by atoms with Crippen molar-refractivity contribution in [1.29, 1.82) is 0 Å². The summed E-state index contributed by atoms with van der Waals surface area (Å²) in [5, 5.41) is 12.3. The highest BCUT2D eigenvalue weighted by atomic mass is 35.5. The van der Waals surface area contributed by atoms with Crippen molar-refractivity contribution >= 4 is 23.5 Å². The minimum Gasteiger partial charge on any atom is -0.479 e. The van der Waals surface area contributed by atoms with Crippen LogP contribution in [0, 0.1) is 5.92 Å². The highest BCUT2D eigenvalue weighted by Gasteiger charge is 2.45. The Kier molecular flexibility index (Phi) is 4.62. The van der Waals surface area contributed by atoms with Crippen molar-refractivity contribution in [2.75, 3.05) is 6.61 Å². The average molecular weight is 298 g/mol. The molecule has 5 nitrogen and oxygen atoms in total. The number of rotatable bonds is 6. The molecule has 0 aromatic heterocycles. The van der Waals surface area contributed by atoms with Gasteiger partial charge in [0.05, 0.1) is 12.0 Å². The van der Waals surface area contributed by atoms with Gasteiger partial charge in [-0.1, -0.05) is 23.7 Å². The van der Waals surface area contributed by atoms with Crippen LogP contribution in [0.5, 0.6) is 0 Å². The maximum atomic E-state index is 12.0. The third-order valence-corrected chi connectivity index (χ3v) is 3.44. The molecular weight excluding hydrogens is 282 g/mol. The molecule has 6 heteroatoms. The van der Waals surface area contributed by atoms with Gasteiger partial charge in [-0.3, -0.25) is 4.79 Å². The van der Waals surface area contributed by atoms with Gasteiger partial charge in [0.25, 0.3) is 0 Å². The molecule has 20 heavy (non-hydrogen) atoms. The van der Waals surface area contributed by atoms with Gasteiger partial charge < -0.3 is 15.2 Å². The van der Waals surface area contributed by atoms with Gasteiger partial charge in [0.2, 0.25) is 5.91 Å². The van der Waals surface area contributed by atoms with Crippen LogP contribution in [0.4, 0.5) is 0 Å². The van der Waals surface area contributed by atoms with Crippen molar-refractivity contribution in [3.63, 3.8) is 0 Å². The van der Waals surface area contributed by atoms with Gasteiger partial charge in [0.1, 0.15) is 0 Å². The molecule has 2 rings (SSSR count). The molecule has 0 spiro atoms. The van der Waals surface area contributed by atoms with Crippen LogP contribution in [0.25, 0.3) is 0 Å². The lowest BCUT2D eigenvalue weighted by atomic mass is 10.1. The molecule has 1 aliphatic carbocycles. The third kappa shape index (κ3) is 3.49. The maximum absolute atomic E-state index is 12.0. The molecule has 1 amide bonds. The molecule has 0 heterocycles. The van der Waals surface area contributed by atoms with E-state index in [1.54, 1.807) is 24.3 Å². The number of benzene rings is 1. The molecule has 0 saturated heterocycles. The molecule has 1 fully saturated rings. The zero-order valence-electron chi connectivity index (χ0n) is 11.0. The first-order valence-electron chi connectivity index (χ1n) is 6.43. The fraction of sp³-hybridized carbons (Fsp3) is 0.429. The number of ether oxygens (including phenoxy) is 1. The van der Waals surface area contributed by atoms with Gasteiger partial charge in [-0.25, -0.2) is 4.79 Å². The van der Waals surface area contributed by atoms with Crippen molar-refractivity contribution in [2.45, 2.75) is 25.5 Å². The van der Waals surface area contributed by atoms with Crippen molar-refractivity contribution in [3.05, 3.63) is 34.9 Å². The van der Waals surface area contributed by atoms with E-state index in [4.69, 9.17) is 16.3 Å². The number of carbonyl (C=O) groups is 2. The van der Waals surface area contributed by atoms with Crippen LogP contribution in [0.2, 0.25) is 5.02 Å². The molecule has 0 radical (unpaired) electrons. The molecule has 3 unspecified atom stereocenters. The quantitative estimate of drug-likeness (QED) is 0.842. The van der Waals surface area contributed by atoms with Crippen LogP contribution < -0.4 is 5.32 Å². The van der Waals surface area contributed by atoms with E-state index in [-0.39, 0.29) is 17.9 Å². The van der Waals surface area contributed by atoms with Crippen LogP contribution in [-0.4, -0.2) is 29.7 Å². The summed E-state index contributed by atoms with van der Waals surface area (Å²) in [5.74, 6) is -1.64. The lowest BCUT2D eigenvalue weighted by Gasteiger charge is -2.15. The van der Waals surface area contributed by atoms with Crippen molar-refractivity contribution in [1.82, 2.24) is 5.32 Å². The van der Waals surface area contributed by atoms with Crippen LogP contribution in [-0.2, 0) is 14.3 Å². The number of nitrogens with one attached hydrogen (secondary N) is 1. The Morgan fingerprint density at radius 1 is 1.45 bits per heavy atom. The van der Waals surface area contributed by atoms with E-state index in [1.165, 1.54) is 0 Å². The van der Waals surface area contributed by atoms with Crippen LogP contribution >= 0.6 is 11.6 Å². The van der Waals surface area contributed by atoms with E-state index in [0.29, 0.717) is 23.6 Å². The smallest absolute Gasteiger partial charge is 0.330 e. The summed E-state index contributed by atoms with van der Waals surface area (Å²) in [6.45, 7) is 2.41. The molecule has 1 aromatic carbocycles. The SMILES string of the molecule is CCOC1CC1C(=O)NC(C(=O)O)c1ccc(Cl)cc1. The first-order chi connectivity index (χ1) is 9.52. The van der Waals surface area contributed by atoms with Crippen LogP contribution in [0.1, 0.15) is 24.9 Å². The second-order valence-electron chi connectivity index (χ2n) is 4.67. The molecule has 2 N–H and O–H groups in total. The lowest BCUT2D eigenvalue weighted by molar-refractivity contribution is -0.142. The summed E-state index contributed by atoms with van der Waals surface area (Å²) < 4.78 is 5.32. The van der Waals surface area contributed by atoms with Gasteiger partial charge in [0.15, 0.2) is 6.04 Å². The van der Waals surface area contributed by atoms with E-state index in [0.717, 1.165) is 0 Å². The summed E-state index contributed by atoms with van der Waals surface area (Å²) in [7, 11) is 0. The van der Waals surface area contributed by atoms with Crippen molar-refractivity contribution < 1.29 is 19.4 Å². The highest BCUT2D eigenvalue weighted by molar-refractivity contribution is 6.30. The zero-order chi connectivity index (χ0) is 14.7. The van der Waals surface area contributed by atoms with E-state index < -0.39 is 12.0 Å². The fourth-order valence-electron chi connectivity index (χ4n) is 2.04. The summed E-state index contributed by atoms with van der Waals surface area (Å²) >= 11 is 5.76. The monoisotopic (exact) mass is 297 g/mol. The number of aliphatic carboxylic acids is 1. The van der Waals surface area contributed by atoms with E-state index >= 15 is 0 Å². The van der Waals surface area contributed by atoms with Gasteiger partial charge in [0, 0.05) is 11.6 Å². The van der Waals surface area contributed by atoms with Gasteiger partial charge in [-0.2, -0.15) is 0 Å². The standard InChI is InChI=1S/C14H16ClNO4/c1-2-20-11-7-10(11)13(17)16-12(14(18)19)8-3-5-9(15)6-4-8/h3-6,10-12H,2,7H2,1H3,(H,16,17)(H,18,19). The Hall–Kier alpha value is -1.59. The number of carbonyl (C=O) groups excluding carboxylic acids is 1. The Morgan fingerprint density at radius 2 is 2.10 bits per heavy atom. The van der Waals surface area contributed by atoms with Gasteiger partial charge in [-0.15, -0.1) is 0 Å². The van der Waals surface area contributed by atoms with Gasteiger partial charge >= 0.3 is 5.97 Å². The van der Waals surface area contributed by atoms with Crippen LogP contribution in [0.3, 0.4) is 0 Å². The number of hydrogen-bond donors (Lipinski definition) is 2. The molecule has 0 bridgehead atoms. The first-order valence-corrected chi connectivity index (χ1v) is 6.81. The second kappa shape index (κ2) is 6.24. The molecule has 3 atom stereocenters. The van der Waals surface area contributed by atoms with Crippen LogP contribution in [0.15, 0.2) is 24.3 Å². The molecule has 1 saturated carbocycles. The molecule has 0 aliphatic heterocycles. The predicted molar refractivity (Wildman–Crippen MR) is 73.5 cm³/mol. The number of carboxylic acid groups (broad SMARTS) is 1. The molecule has 1 aliphatic rings. The number of carboxylic acids is 1. The Morgan fingerprint density at radius 3 is 2.65 bits per heavy atom. The molecule has 1 aromatic rings. The third-order valence-electron chi connectivity index (χ3n) is 3.19. The highest BCUT2D eigenvalue weighted by Crippen LogP contribution is 2.34. The fourth-order valence-corrected chi connectivity index (χ4v) is 2.16. The first kappa shape index (κ1) is 14.8. The Bertz CT molecular complexity index is 502. The Balaban J connectivity index is 2.02. The maximum Gasteiger partial charge on any atom is 0.330 e. The largest absolute Gasteiger partial charge is 0.479 e. The molecular formula is C14H16ClNO4. The van der Waals surface area contributed by atoms with E-state index in [2.05, 4.69) is 5.32 Å². The number of halogens is 1. The predicted octanol–water partition coefficient (Wildman–Crippen LogP) is 2.01. The number of hydrogen-bond acceptors (Lipinski definition) is 3.